The molecule has 1 saturated heterocycles. The highest BCUT2D eigenvalue weighted by molar-refractivity contribution is 6.00. The van der Waals surface area contributed by atoms with Gasteiger partial charge in [0.2, 0.25) is 11.8 Å². The molecule has 2 aromatic carbocycles. The molecular formula is C23H23FN4O2. The lowest BCUT2D eigenvalue weighted by Crippen LogP contribution is -2.34. The van der Waals surface area contributed by atoms with E-state index < -0.39 is 5.92 Å². The Morgan fingerprint density at radius 1 is 1.20 bits per heavy atom. The van der Waals surface area contributed by atoms with Gasteiger partial charge in [-0.3, -0.25) is 9.59 Å². The Bertz CT molecular complexity index is 1060. The maximum absolute atomic E-state index is 13.8. The van der Waals surface area contributed by atoms with Crippen LogP contribution in [0.1, 0.15) is 17.5 Å². The fourth-order valence-electron chi connectivity index (χ4n) is 3.57. The van der Waals surface area contributed by atoms with E-state index in [1.165, 1.54) is 11.0 Å². The summed E-state index contributed by atoms with van der Waals surface area (Å²) in [6, 6.07) is 14.5. The fourth-order valence-corrected chi connectivity index (χ4v) is 3.57. The first-order valence-electron chi connectivity index (χ1n) is 9.94. The number of aromatic nitrogens is 2. The lowest BCUT2D eigenvalue weighted by molar-refractivity contribution is -0.126. The second-order valence-corrected chi connectivity index (χ2v) is 7.51. The van der Waals surface area contributed by atoms with Crippen LogP contribution < -0.4 is 10.2 Å². The van der Waals surface area contributed by atoms with Crippen LogP contribution in [0.25, 0.3) is 5.69 Å². The zero-order valence-electron chi connectivity index (χ0n) is 16.7. The Morgan fingerprint density at radius 3 is 2.77 bits per heavy atom. The van der Waals surface area contributed by atoms with Crippen molar-refractivity contribution in [2.75, 3.05) is 18.0 Å². The van der Waals surface area contributed by atoms with E-state index in [1.807, 2.05) is 36.5 Å². The van der Waals surface area contributed by atoms with Gasteiger partial charge in [0.25, 0.3) is 0 Å². The number of halogens is 1. The van der Waals surface area contributed by atoms with Crippen LogP contribution in [-0.2, 0) is 16.0 Å². The molecule has 154 valence electrons. The van der Waals surface area contributed by atoms with Gasteiger partial charge in [-0.2, -0.15) is 5.10 Å². The second kappa shape index (κ2) is 8.49. The van der Waals surface area contributed by atoms with Gasteiger partial charge in [0, 0.05) is 31.4 Å². The minimum Gasteiger partial charge on any atom is -0.355 e. The van der Waals surface area contributed by atoms with E-state index in [9.17, 15) is 14.0 Å². The smallest absolute Gasteiger partial charge is 0.227 e. The average Bonchev–Trinajstić information content (AvgIpc) is 3.38. The number of nitrogens with zero attached hydrogens (tertiary/aromatic N) is 3. The van der Waals surface area contributed by atoms with Crippen molar-refractivity contribution in [3.63, 3.8) is 0 Å². The minimum atomic E-state index is -0.436. The summed E-state index contributed by atoms with van der Waals surface area (Å²) in [5.74, 6) is -1.12. The minimum absolute atomic E-state index is 0.132. The van der Waals surface area contributed by atoms with Crippen LogP contribution >= 0.6 is 0 Å². The van der Waals surface area contributed by atoms with E-state index in [-0.39, 0.29) is 30.6 Å². The molecule has 3 aromatic rings. The molecule has 0 radical (unpaired) electrons. The molecule has 0 saturated carbocycles. The van der Waals surface area contributed by atoms with E-state index in [2.05, 4.69) is 10.4 Å². The van der Waals surface area contributed by atoms with Crippen molar-refractivity contribution in [1.82, 2.24) is 15.1 Å². The zero-order chi connectivity index (χ0) is 21.1. The first-order valence-corrected chi connectivity index (χ1v) is 9.94. The molecule has 4 rings (SSSR count). The topological polar surface area (TPSA) is 67.2 Å². The van der Waals surface area contributed by atoms with Crippen LogP contribution in [0, 0.1) is 18.7 Å². The lowest BCUT2D eigenvalue weighted by Gasteiger charge is -2.17. The summed E-state index contributed by atoms with van der Waals surface area (Å²) in [5, 5.41) is 7.26. The van der Waals surface area contributed by atoms with E-state index in [0.717, 1.165) is 11.3 Å². The Morgan fingerprint density at radius 2 is 2.00 bits per heavy atom. The summed E-state index contributed by atoms with van der Waals surface area (Å²) in [6.07, 6.45) is 4.50. The number of rotatable bonds is 6. The first kappa shape index (κ1) is 19.8. The van der Waals surface area contributed by atoms with Crippen LogP contribution in [0.5, 0.6) is 0 Å². The highest BCUT2D eigenvalue weighted by Gasteiger charge is 2.35. The molecule has 1 aliphatic heterocycles. The van der Waals surface area contributed by atoms with Crippen molar-refractivity contribution in [3.8, 4) is 5.69 Å². The number of amides is 2. The monoisotopic (exact) mass is 406 g/mol. The van der Waals surface area contributed by atoms with Crippen LogP contribution in [0.15, 0.2) is 60.9 Å². The molecule has 1 fully saturated rings. The van der Waals surface area contributed by atoms with Gasteiger partial charge in [0.05, 0.1) is 17.8 Å². The number of carbonyl (C=O) groups excluding carboxylic acids is 2. The fraction of sp³-hybridized carbons (Fsp3) is 0.261. The molecule has 0 bridgehead atoms. The van der Waals surface area contributed by atoms with Crippen LogP contribution in [0.4, 0.5) is 10.1 Å². The third-order valence-electron chi connectivity index (χ3n) is 5.33. The van der Waals surface area contributed by atoms with Gasteiger partial charge in [-0.05, 0) is 48.7 Å². The standard InChI is InChI=1S/C23H23FN4O2/c1-16-7-8-20(12-21(16)24)27-15-18(11-22(27)29)23(30)25-10-9-17-13-26-28(14-17)19-5-3-2-4-6-19/h2-8,12-14,18H,9-11,15H2,1H3,(H,25,30)/t18-/m1/s1. The number of nitrogens with one attached hydrogen (secondary N) is 1. The Balaban J connectivity index is 1.30. The van der Waals surface area contributed by atoms with Crippen molar-refractivity contribution >= 4 is 17.5 Å². The van der Waals surface area contributed by atoms with E-state index in [1.54, 1.807) is 29.9 Å². The molecule has 1 atom stereocenters. The van der Waals surface area contributed by atoms with Gasteiger partial charge in [0.1, 0.15) is 5.82 Å². The summed E-state index contributed by atoms with van der Waals surface area (Å²) >= 11 is 0. The summed E-state index contributed by atoms with van der Waals surface area (Å²) in [7, 11) is 0. The zero-order valence-corrected chi connectivity index (χ0v) is 16.7. The highest BCUT2D eigenvalue weighted by atomic mass is 19.1. The summed E-state index contributed by atoms with van der Waals surface area (Å²) in [5.41, 5.74) is 3.00. The lowest BCUT2D eigenvalue weighted by atomic mass is 10.1. The molecule has 7 heteroatoms. The number of para-hydroxylation sites is 1. The van der Waals surface area contributed by atoms with Crippen molar-refractivity contribution in [2.24, 2.45) is 5.92 Å². The number of benzene rings is 2. The van der Waals surface area contributed by atoms with E-state index in [0.29, 0.717) is 24.2 Å². The van der Waals surface area contributed by atoms with Gasteiger partial charge < -0.3 is 10.2 Å². The van der Waals surface area contributed by atoms with Gasteiger partial charge in [-0.25, -0.2) is 9.07 Å². The number of aryl methyl sites for hydroxylation is 1. The predicted molar refractivity (Wildman–Crippen MR) is 112 cm³/mol. The predicted octanol–water partition coefficient (Wildman–Crippen LogP) is 3.03. The van der Waals surface area contributed by atoms with Crippen molar-refractivity contribution in [1.29, 1.82) is 0 Å². The molecule has 0 unspecified atom stereocenters. The Kier molecular flexibility index (Phi) is 5.61. The molecule has 30 heavy (non-hydrogen) atoms. The van der Waals surface area contributed by atoms with Crippen LogP contribution in [0.2, 0.25) is 0 Å². The maximum Gasteiger partial charge on any atom is 0.227 e. The Hall–Kier alpha value is -3.48. The number of anilines is 1. The molecule has 1 aliphatic rings. The number of carbonyl (C=O) groups is 2. The van der Waals surface area contributed by atoms with E-state index >= 15 is 0 Å². The van der Waals surface area contributed by atoms with Crippen LogP contribution in [-0.4, -0.2) is 34.7 Å². The molecule has 0 aliphatic carbocycles. The molecule has 1 N–H and O–H groups in total. The summed E-state index contributed by atoms with van der Waals surface area (Å²) in [4.78, 5) is 26.3. The first-order chi connectivity index (χ1) is 14.5. The number of hydrogen-bond acceptors (Lipinski definition) is 3. The quantitative estimate of drug-likeness (QED) is 0.684. The van der Waals surface area contributed by atoms with E-state index in [4.69, 9.17) is 0 Å². The third-order valence-corrected chi connectivity index (χ3v) is 5.33. The highest BCUT2D eigenvalue weighted by Crippen LogP contribution is 2.26. The number of hydrogen-bond donors (Lipinski definition) is 1. The maximum atomic E-state index is 13.8. The third kappa shape index (κ3) is 4.25. The van der Waals surface area contributed by atoms with Crippen LogP contribution in [0.3, 0.4) is 0 Å². The molecule has 0 spiro atoms. The molecule has 1 aromatic heterocycles. The van der Waals surface area contributed by atoms with Gasteiger partial charge in [-0.15, -0.1) is 0 Å². The van der Waals surface area contributed by atoms with Crippen molar-refractivity contribution < 1.29 is 14.0 Å². The largest absolute Gasteiger partial charge is 0.355 e. The molecule has 6 nitrogen and oxygen atoms in total. The summed E-state index contributed by atoms with van der Waals surface area (Å²) < 4.78 is 15.6. The van der Waals surface area contributed by atoms with Crippen molar-refractivity contribution in [3.05, 3.63) is 77.9 Å². The second-order valence-electron chi connectivity index (χ2n) is 7.51. The Labute approximate surface area is 174 Å². The molecule has 2 heterocycles. The molecule has 2 amide bonds. The summed E-state index contributed by atoms with van der Waals surface area (Å²) in [6.45, 7) is 2.40. The van der Waals surface area contributed by atoms with Gasteiger partial charge in [-0.1, -0.05) is 24.3 Å². The van der Waals surface area contributed by atoms with Crippen molar-refractivity contribution in [2.45, 2.75) is 19.8 Å². The average molecular weight is 406 g/mol. The normalized spacial score (nSPS) is 16.1. The SMILES string of the molecule is Cc1ccc(N2C[C@H](C(=O)NCCc3cnn(-c4ccccc4)c3)CC2=O)cc1F. The van der Waals surface area contributed by atoms with Gasteiger partial charge in [0.15, 0.2) is 0 Å². The van der Waals surface area contributed by atoms with Gasteiger partial charge >= 0.3 is 0 Å². The molecular weight excluding hydrogens is 383 g/mol.